The molecule has 1 aliphatic rings. The zero-order chi connectivity index (χ0) is 26.8. The molecule has 9 heteroatoms. The highest BCUT2D eigenvalue weighted by molar-refractivity contribution is 7.14. The Labute approximate surface area is 224 Å². The summed E-state index contributed by atoms with van der Waals surface area (Å²) in [6.07, 6.45) is 0.773. The van der Waals surface area contributed by atoms with E-state index in [1.54, 1.807) is 12.1 Å². The molecule has 1 aliphatic heterocycles. The molecule has 0 atom stereocenters. The second-order valence-electron chi connectivity index (χ2n) is 8.77. The summed E-state index contributed by atoms with van der Waals surface area (Å²) in [5.74, 6) is 0.873. The van der Waals surface area contributed by atoms with Gasteiger partial charge in [0, 0.05) is 34.3 Å². The maximum Gasteiger partial charge on any atom is 0.258 e. The number of aryl methyl sites for hydroxylation is 1. The second-order valence-corrected chi connectivity index (χ2v) is 9.63. The summed E-state index contributed by atoms with van der Waals surface area (Å²) in [5, 5.41) is 5.22. The quantitative estimate of drug-likeness (QED) is 0.335. The standard InChI is InChI=1S/C29H27N3O5S/c1-17-7-5-6-8-21(17)28(34)32-12-11-19-13-18(9-10-23(19)32)22-16-38-29(30-22)31-27(33)20-14-24(35-2)26(37-4)25(15-20)36-3/h5-10,13-16H,11-12H2,1-4H3,(H,30,31,33). The minimum atomic E-state index is -0.343. The molecule has 0 spiro atoms. The summed E-state index contributed by atoms with van der Waals surface area (Å²) in [6.45, 7) is 2.59. The topological polar surface area (TPSA) is 90.0 Å². The number of thiazole rings is 1. The molecule has 0 saturated carbocycles. The molecule has 2 heterocycles. The average Bonchev–Trinajstić information content (AvgIpc) is 3.58. The van der Waals surface area contributed by atoms with Gasteiger partial charge in [0.05, 0.1) is 27.0 Å². The minimum absolute atomic E-state index is 0.0139. The number of carbonyl (C=O) groups is 2. The van der Waals surface area contributed by atoms with Crippen molar-refractivity contribution in [1.82, 2.24) is 4.98 Å². The van der Waals surface area contributed by atoms with Gasteiger partial charge < -0.3 is 19.1 Å². The third-order valence-electron chi connectivity index (χ3n) is 6.54. The van der Waals surface area contributed by atoms with Crippen molar-refractivity contribution in [3.8, 4) is 28.5 Å². The van der Waals surface area contributed by atoms with Gasteiger partial charge in [-0.25, -0.2) is 4.98 Å². The Bertz CT molecular complexity index is 1510. The normalized spacial score (nSPS) is 12.2. The molecule has 3 aromatic carbocycles. The number of nitrogens with one attached hydrogen (secondary N) is 1. The lowest BCUT2D eigenvalue weighted by molar-refractivity contribution is 0.0987. The van der Waals surface area contributed by atoms with Crippen LogP contribution in [0.4, 0.5) is 10.8 Å². The van der Waals surface area contributed by atoms with E-state index in [0.29, 0.717) is 34.5 Å². The lowest BCUT2D eigenvalue weighted by Gasteiger charge is -2.18. The molecule has 194 valence electrons. The summed E-state index contributed by atoms with van der Waals surface area (Å²) in [5.41, 5.74) is 5.74. The second kappa shape index (κ2) is 10.5. The third kappa shape index (κ3) is 4.68. The van der Waals surface area contributed by atoms with Crippen LogP contribution in [-0.2, 0) is 6.42 Å². The van der Waals surface area contributed by atoms with Crippen LogP contribution in [0.1, 0.15) is 31.8 Å². The number of hydrogen-bond donors (Lipinski definition) is 1. The molecule has 0 aliphatic carbocycles. The molecule has 4 aromatic rings. The lowest BCUT2D eigenvalue weighted by atomic mass is 10.1. The molecular formula is C29H27N3O5S. The van der Waals surface area contributed by atoms with Crippen molar-refractivity contribution >= 4 is 34.0 Å². The fourth-order valence-corrected chi connectivity index (χ4v) is 5.29. The SMILES string of the molecule is COc1cc(C(=O)Nc2nc(-c3ccc4c(c3)CCN4C(=O)c3ccccc3C)cs2)cc(OC)c1OC. The number of nitrogens with zero attached hydrogens (tertiary/aromatic N) is 2. The van der Waals surface area contributed by atoms with E-state index in [-0.39, 0.29) is 11.8 Å². The predicted molar refractivity (Wildman–Crippen MR) is 148 cm³/mol. The number of methoxy groups -OCH3 is 3. The highest BCUT2D eigenvalue weighted by atomic mass is 32.1. The van der Waals surface area contributed by atoms with E-state index in [0.717, 1.165) is 40.1 Å². The van der Waals surface area contributed by atoms with E-state index >= 15 is 0 Å². The Morgan fingerprint density at radius 2 is 1.71 bits per heavy atom. The zero-order valence-corrected chi connectivity index (χ0v) is 22.3. The Hall–Kier alpha value is -4.37. The first-order valence-corrected chi connectivity index (χ1v) is 12.9. The van der Waals surface area contributed by atoms with Crippen molar-refractivity contribution in [3.63, 3.8) is 0 Å². The van der Waals surface area contributed by atoms with E-state index < -0.39 is 0 Å². The number of benzene rings is 3. The Morgan fingerprint density at radius 1 is 0.974 bits per heavy atom. The van der Waals surface area contributed by atoms with Crippen molar-refractivity contribution in [1.29, 1.82) is 0 Å². The Kier molecular flexibility index (Phi) is 7.02. The molecular weight excluding hydrogens is 502 g/mol. The molecule has 0 saturated heterocycles. The number of fused-ring (bicyclic) bond motifs is 1. The van der Waals surface area contributed by atoms with Gasteiger partial charge in [0.2, 0.25) is 5.75 Å². The van der Waals surface area contributed by atoms with Crippen molar-refractivity contribution < 1.29 is 23.8 Å². The van der Waals surface area contributed by atoms with Gasteiger partial charge in [0.15, 0.2) is 16.6 Å². The molecule has 1 N–H and O–H groups in total. The van der Waals surface area contributed by atoms with Gasteiger partial charge in [-0.2, -0.15) is 0 Å². The van der Waals surface area contributed by atoms with E-state index in [4.69, 9.17) is 14.2 Å². The summed E-state index contributed by atoms with van der Waals surface area (Å²) in [7, 11) is 4.51. The van der Waals surface area contributed by atoms with Gasteiger partial charge in [0.1, 0.15) is 0 Å². The number of hydrogen-bond acceptors (Lipinski definition) is 7. The molecule has 8 nitrogen and oxygen atoms in total. The number of carbonyl (C=O) groups excluding carboxylic acids is 2. The highest BCUT2D eigenvalue weighted by Crippen LogP contribution is 2.39. The molecule has 38 heavy (non-hydrogen) atoms. The molecule has 0 bridgehead atoms. The molecule has 1 aromatic heterocycles. The highest BCUT2D eigenvalue weighted by Gasteiger charge is 2.27. The summed E-state index contributed by atoms with van der Waals surface area (Å²) in [4.78, 5) is 32.6. The van der Waals surface area contributed by atoms with Gasteiger partial charge in [-0.15, -0.1) is 11.3 Å². The monoisotopic (exact) mass is 529 g/mol. The number of ether oxygens (including phenoxy) is 3. The van der Waals surface area contributed by atoms with Crippen LogP contribution >= 0.6 is 11.3 Å². The fraction of sp³-hybridized carbons (Fsp3) is 0.207. The minimum Gasteiger partial charge on any atom is -0.493 e. The van der Waals surface area contributed by atoms with Crippen LogP contribution in [0.5, 0.6) is 17.2 Å². The lowest BCUT2D eigenvalue weighted by Crippen LogP contribution is -2.29. The van der Waals surface area contributed by atoms with Crippen molar-refractivity contribution in [3.05, 3.63) is 82.2 Å². The van der Waals surface area contributed by atoms with Crippen LogP contribution in [0.15, 0.2) is 60.0 Å². The first-order chi connectivity index (χ1) is 18.4. The maximum absolute atomic E-state index is 13.2. The first kappa shape index (κ1) is 25.3. The fourth-order valence-electron chi connectivity index (χ4n) is 4.58. The smallest absolute Gasteiger partial charge is 0.258 e. The average molecular weight is 530 g/mol. The molecule has 0 fully saturated rings. The van der Waals surface area contributed by atoms with Crippen LogP contribution in [0.25, 0.3) is 11.3 Å². The van der Waals surface area contributed by atoms with Crippen LogP contribution in [-0.4, -0.2) is 44.7 Å². The van der Waals surface area contributed by atoms with E-state index in [2.05, 4.69) is 16.4 Å². The first-order valence-electron chi connectivity index (χ1n) is 12.0. The third-order valence-corrected chi connectivity index (χ3v) is 7.30. The Morgan fingerprint density at radius 3 is 2.39 bits per heavy atom. The summed E-state index contributed by atoms with van der Waals surface area (Å²) >= 11 is 1.34. The van der Waals surface area contributed by atoms with E-state index in [1.807, 2.05) is 53.6 Å². The van der Waals surface area contributed by atoms with Crippen LogP contribution in [0.3, 0.4) is 0 Å². The predicted octanol–water partition coefficient (Wildman–Crippen LogP) is 5.60. The largest absolute Gasteiger partial charge is 0.493 e. The number of anilines is 2. The van der Waals surface area contributed by atoms with E-state index in [1.165, 1.54) is 32.7 Å². The maximum atomic E-state index is 13.2. The Balaban J connectivity index is 1.34. The molecule has 2 amide bonds. The van der Waals surface area contributed by atoms with Crippen LogP contribution < -0.4 is 24.4 Å². The molecule has 0 radical (unpaired) electrons. The van der Waals surface area contributed by atoms with Gasteiger partial charge in [0.25, 0.3) is 11.8 Å². The number of aromatic nitrogens is 1. The molecule has 0 unspecified atom stereocenters. The molecule has 5 rings (SSSR count). The number of rotatable bonds is 7. The van der Waals surface area contributed by atoms with Crippen molar-refractivity contribution in [2.24, 2.45) is 0 Å². The summed E-state index contributed by atoms with van der Waals surface area (Å²) in [6, 6.07) is 16.8. The summed E-state index contributed by atoms with van der Waals surface area (Å²) < 4.78 is 16.0. The van der Waals surface area contributed by atoms with Crippen LogP contribution in [0.2, 0.25) is 0 Å². The van der Waals surface area contributed by atoms with Crippen molar-refractivity contribution in [2.75, 3.05) is 38.1 Å². The van der Waals surface area contributed by atoms with Crippen LogP contribution in [0, 0.1) is 6.92 Å². The van der Waals surface area contributed by atoms with Gasteiger partial charge in [-0.05, 0) is 54.8 Å². The van der Waals surface area contributed by atoms with E-state index in [9.17, 15) is 9.59 Å². The van der Waals surface area contributed by atoms with Gasteiger partial charge in [-0.1, -0.05) is 24.3 Å². The van der Waals surface area contributed by atoms with Gasteiger partial charge in [-0.3, -0.25) is 14.9 Å². The van der Waals surface area contributed by atoms with Crippen molar-refractivity contribution in [2.45, 2.75) is 13.3 Å². The zero-order valence-electron chi connectivity index (χ0n) is 21.5. The van der Waals surface area contributed by atoms with Gasteiger partial charge >= 0.3 is 0 Å². The number of amides is 2.